The number of fused-ring (bicyclic) bond motifs is 1. The summed E-state index contributed by atoms with van der Waals surface area (Å²) >= 11 is 0. The molecule has 6 nitrogen and oxygen atoms in total. The van der Waals surface area contributed by atoms with E-state index in [9.17, 15) is 9.59 Å². The number of benzene rings is 2. The number of allylic oxidation sites excluding steroid dienone is 1. The second-order valence-electron chi connectivity index (χ2n) is 5.91. The summed E-state index contributed by atoms with van der Waals surface area (Å²) in [6, 6.07) is 12.1. The van der Waals surface area contributed by atoms with Crippen molar-refractivity contribution in [3.05, 3.63) is 59.4 Å². The zero-order valence-electron chi connectivity index (χ0n) is 15.5. The smallest absolute Gasteiger partial charge is 0.415 e. The van der Waals surface area contributed by atoms with Gasteiger partial charge < -0.3 is 19.1 Å². The number of carbonyl (C=O) groups is 2. The Bertz CT molecular complexity index is 899. The third kappa shape index (κ3) is 3.95. The molecule has 0 saturated carbocycles. The van der Waals surface area contributed by atoms with Crippen molar-refractivity contribution >= 4 is 18.0 Å². The topological polar surface area (TPSA) is 65.1 Å². The standard InChI is InChI=1S/C21H21NO5/c1-4-22(5-2)21(24)26-16-9-10-17-18(13-16)27-19(20(17)23)12-14-7-6-8-15(11-14)25-3/h6-13H,4-5H2,1-3H3/b19-12-. The highest BCUT2D eigenvalue weighted by atomic mass is 16.6. The normalized spacial score (nSPS) is 13.9. The molecule has 0 aliphatic carbocycles. The Labute approximate surface area is 158 Å². The van der Waals surface area contributed by atoms with Crippen molar-refractivity contribution in [3.8, 4) is 17.2 Å². The van der Waals surface area contributed by atoms with Gasteiger partial charge in [0.2, 0.25) is 5.78 Å². The van der Waals surface area contributed by atoms with Crippen molar-refractivity contribution in [3.63, 3.8) is 0 Å². The molecule has 2 aromatic rings. The third-order valence-electron chi connectivity index (χ3n) is 4.26. The molecule has 0 fully saturated rings. The highest BCUT2D eigenvalue weighted by Crippen LogP contribution is 2.35. The van der Waals surface area contributed by atoms with E-state index in [4.69, 9.17) is 14.2 Å². The van der Waals surface area contributed by atoms with Crippen molar-refractivity contribution in [1.82, 2.24) is 4.90 Å². The minimum atomic E-state index is -0.434. The Kier molecular flexibility index (Phi) is 5.45. The molecule has 0 aromatic heterocycles. The number of hydrogen-bond donors (Lipinski definition) is 0. The van der Waals surface area contributed by atoms with E-state index >= 15 is 0 Å². The van der Waals surface area contributed by atoms with Gasteiger partial charge in [0.15, 0.2) is 5.76 Å². The number of Topliss-reactive ketones (excluding diaryl/α,β-unsaturated/α-hetero) is 1. The third-order valence-corrected chi connectivity index (χ3v) is 4.26. The molecule has 0 unspecified atom stereocenters. The first-order chi connectivity index (χ1) is 13.0. The number of methoxy groups -OCH3 is 1. The molecule has 0 radical (unpaired) electrons. The van der Waals surface area contributed by atoms with E-state index in [0.717, 1.165) is 5.56 Å². The lowest BCUT2D eigenvalue weighted by Crippen LogP contribution is -2.33. The maximum absolute atomic E-state index is 12.5. The molecule has 1 heterocycles. The maximum Gasteiger partial charge on any atom is 0.415 e. The number of carbonyl (C=O) groups excluding carboxylic acids is 2. The van der Waals surface area contributed by atoms with E-state index < -0.39 is 6.09 Å². The summed E-state index contributed by atoms with van der Waals surface area (Å²) in [6.45, 7) is 4.88. The molecule has 0 N–H and O–H groups in total. The molecule has 6 heteroatoms. The summed E-state index contributed by atoms with van der Waals surface area (Å²) in [7, 11) is 1.58. The van der Waals surface area contributed by atoms with Gasteiger partial charge >= 0.3 is 6.09 Å². The predicted octanol–water partition coefficient (Wildman–Crippen LogP) is 4.15. The van der Waals surface area contributed by atoms with Crippen molar-refractivity contribution in [1.29, 1.82) is 0 Å². The van der Waals surface area contributed by atoms with Crippen LogP contribution in [0.2, 0.25) is 0 Å². The molecule has 27 heavy (non-hydrogen) atoms. The summed E-state index contributed by atoms with van der Waals surface area (Å²) in [5, 5.41) is 0. The van der Waals surface area contributed by atoms with Crippen LogP contribution in [0.25, 0.3) is 6.08 Å². The second-order valence-corrected chi connectivity index (χ2v) is 5.91. The average molecular weight is 367 g/mol. The van der Waals surface area contributed by atoms with E-state index in [-0.39, 0.29) is 11.5 Å². The minimum absolute atomic E-state index is 0.213. The van der Waals surface area contributed by atoms with Gasteiger partial charge in [0, 0.05) is 19.2 Å². The van der Waals surface area contributed by atoms with Gasteiger partial charge in [-0.15, -0.1) is 0 Å². The molecule has 0 saturated heterocycles. The van der Waals surface area contributed by atoms with Crippen LogP contribution >= 0.6 is 0 Å². The fourth-order valence-electron chi connectivity index (χ4n) is 2.76. The molecule has 1 aliphatic heterocycles. The molecule has 140 valence electrons. The van der Waals surface area contributed by atoms with Gasteiger partial charge in [-0.25, -0.2) is 4.79 Å². The van der Waals surface area contributed by atoms with Crippen LogP contribution in [0.3, 0.4) is 0 Å². The Hall–Kier alpha value is -3.28. The van der Waals surface area contributed by atoms with Gasteiger partial charge in [-0.3, -0.25) is 4.79 Å². The monoisotopic (exact) mass is 367 g/mol. The van der Waals surface area contributed by atoms with Crippen LogP contribution in [0, 0.1) is 0 Å². The van der Waals surface area contributed by atoms with Crippen LogP contribution in [0.5, 0.6) is 17.2 Å². The highest BCUT2D eigenvalue weighted by Gasteiger charge is 2.28. The number of ketones is 1. The van der Waals surface area contributed by atoms with Crippen LogP contribution < -0.4 is 14.2 Å². The first-order valence-corrected chi connectivity index (χ1v) is 8.74. The largest absolute Gasteiger partial charge is 0.497 e. The van der Waals surface area contributed by atoms with E-state index in [2.05, 4.69) is 0 Å². The first-order valence-electron chi connectivity index (χ1n) is 8.74. The van der Waals surface area contributed by atoms with Crippen LogP contribution in [-0.2, 0) is 0 Å². The molecule has 0 bridgehead atoms. The van der Waals surface area contributed by atoms with Crippen LogP contribution in [0.1, 0.15) is 29.8 Å². The van der Waals surface area contributed by atoms with Crippen molar-refractivity contribution in [2.24, 2.45) is 0 Å². The van der Waals surface area contributed by atoms with Crippen molar-refractivity contribution in [2.45, 2.75) is 13.8 Å². The molecule has 1 aliphatic rings. The Morgan fingerprint density at radius 2 is 1.89 bits per heavy atom. The van der Waals surface area contributed by atoms with E-state index in [1.807, 2.05) is 38.1 Å². The predicted molar refractivity (Wildman–Crippen MR) is 101 cm³/mol. The fourth-order valence-corrected chi connectivity index (χ4v) is 2.76. The fraction of sp³-hybridized carbons (Fsp3) is 0.238. The van der Waals surface area contributed by atoms with Gasteiger partial charge in [0.25, 0.3) is 0 Å². The zero-order valence-corrected chi connectivity index (χ0v) is 15.5. The van der Waals surface area contributed by atoms with Crippen molar-refractivity contribution in [2.75, 3.05) is 20.2 Å². The van der Waals surface area contributed by atoms with Gasteiger partial charge in [-0.05, 0) is 49.8 Å². The average Bonchev–Trinajstić information content (AvgIpc) is 2.98. The van der Waals surface area contributed by atoms with Gasteiger partial charge in [-0.1, -0.05) is 12.1 Å². The number of amides is 1. The lowest BCUT2D eigenvalue weighted by molar-refractivity contribution is 0.101. The maximum atomic E-state index is 12.5. The van der Waals surface area contributed by atoms with Gasteiger partial charge in [0.05, 0.1) is 12.7 Å². The minimum Gasteiger partial charge on any atom is -0.497 e. The molecular weight excluding hydrogens is 346 g/mol. The van der Waals surface area contributed by atoms with Crippen molar-refractivity contribution < 1.29 is 23.8 Å². The van der Waals surface area contributed by atoms with Crippen LogP contribution in [-0.4, -0.2) is 37.0 Å². The highest BCUT2D eigenvalue weighted by molar-refractivity contribution is 6.14. The summed E-state index contributed by atoms with van der Waals surface area (Å²) in [4.78, 5) is 26.2. The first kappa shape index (κ1) is 18.5. The molecular formula is C21H21NO5. The summed E-state index contributed by atoms with van der Waals surface area (Å²) in [5.74, 6) is 1.40. The number of ether oxygens (including phenoxy) is 3. The second kappa shape index (κ2) is 7.95. The van der Waals surface area contributed by atoms with E-state index in [0.29, 0.717) is 35.9 Å². The quantitative estimate of drug-likeness (QED) is 0.743. The molecule has 1 amide bonds. The lowest BCUT2D eigenvalue weighted by Gasteiger charge is -2.17. The number of rotatable bonds is 5. The number of hydrogen-bond acceptors (Lipinski definition) is 5. The lowest BCUT2D eigenvalue weighted by atomic mass is 10.1. The van der Waals surface area contributed by atoms with Crippen LogP contribution in [0.4, 0.5) is 4.79 Å². The zero-order chi connectivity index (χ0) is 19.4. The summed E-state index contributed by atoms with van der Waals surface area (Å²) < 4.78 is 16.3. The molecule has 0 spiro atoms. The molecule has 0 atom stereocenters. The van der Waals surface area contributed by atoms with Crippen LogP contribution in [0.15, 0.2) is 48.2 Å². The van der Waals surface area contributed by atoms with Gasteiger partial charge in [0.1, 0.15) is 17.2 Å². The Morgan fingerprint density at radius 1 is 1.11 bits per heavy atom. The Balaban J connectivity index is 1.81. The molecule has 3 rings (SSSR count). The molecule has 2 aromatic carbocycles. The van der Waals surface area contributed by atoms with E-state index in [1.165, 1.54) is 0 Å². The Morgan fingerprint density at radius 3 is 2.59 bits per heavy atom. The summed E-state index contributed by atoms with van der Waals surface area (Å²) in [6.07, 6.45) is 1.23. The SMILES string of the molecule is CCN(CC)C(=O)Oc1ccc2c(c1)O/C(=C\c1cccc(OC)c1)C2=O. The van der Waals surface area contributed by atoms with E-state index in [1.54, 1.807) is 36.3 Å². The summed E-state index contributed by atoms with van der Waals surface area (Å²) in [5.41, 5.74) is 1.23. The van der Waals surface area contributed by atoms with Gasteiger partial charge in [-0.2, -0.15) is 0 Å². The number of nitrogens with zero attached hydrogens (tertiary/aromatic N) is 1.